The third-order valence-electron chi connectivity index (χ3n) is 3.51. The number of hydrogen-bond donors (Lipinski definition) is 0. The fourth-order valence-electron chi connectivity index (χ4n) is 2.42. The molecule has 0 bridgehead atoms. The molecule has 0 saturated carbocycles. The fraction of sp³-hybridized carbons (Fsp3) is 0.278. The lowest BCUT2D eigenvalue weighted by Crippen LogP contribution is -2.30. The first kappa shape index (κ1) is 16.9. The van der Waals surface area contributed by atoms with Crippen molar-refractivity contribution in [1.29, 1.82) is 0 Å². The molecule has 3 aromatic rings. The summed E-state index contributed by atoms with van der Waals surface area (Å²) in [5.74, 6) is 0.605. The van der Waals surface area contributed by atoms with Gasteiger partial charge in [-0.3, -0.25) is 9.69 Å². The Balaban J connectivity index is 1.71. The Morgan fingerprint density at radius 2 is 2.04 bits per heavy atom. The molecule has 0 radical (unpaired) electrons. The predicted octanol–water partition coefficient (Wildman–Crippen LogP) is 2.89. The van der Waals surface area contributed by atoms with Gasteiger partial charge in [-0.2, -0.15) is 4.98 Å². The average molecular weight is 341 g/mol. The molecule has 2 heterocycles. The maximum atomic E-state index is 11.9. The van der Waals surface area contributed by atoms with Crippen molar-refractivity contribution >= 4 is 5.97 Å². The summed E-state index contributed by atoms with van der Waals surface area (Å²) in [6, 6.07) is 11.6. The van der Waals surface area contributed by atoms with Crippen LogP contribution in [0.3, 0.4) is 0 Å². The van der Waals surface area contributed by atoms with Gasteiger partial charge in [0.15, 0.2) is 5.82 Å². The Bertz CT molecular complexity index is 784. The Kier molecular flexibility index (Phi) is 5.58. The predicted molar refractivity (Wildman–Crippen MR) is 89.2 cm³/mol. The topological polar surface area (TPSA) is 81.6 Å². The highest BCUT2D eigenvalue weighted by Crippen LogP contribution is 2.18. The quantitative estimate of drug-likeness (QED) is 0.583. The van der Waals surface area contributed by atoms with Gasteiger partial charge in [0.05, 0.1) is 31.5 Å². The number of nitrogens with zero attached hydrogens (tertiary/aromatic N) is 3. The molecule has 7 heteroatoms. The highest BCUT2D eigenvalue weighted by Gasteiger charge is 2.17. The number of benzene rings is 1. The summed E-state index contributed by atoms with van der Waals surface area (Å²) in [5.41, 5.74) is 1.81. The van der Waals surface area contributed by atoms with Crippen LogP contribution in [-0.2, 0) is 22.6 Å². The standard InChI is InChI=1S/C18H19N3O4/c1-2-24-17(22)12-21(10-14-6-4-3-5-7-14)11-16-19-18(25-20-16)15-8-9-23-13-15/h3-9,13H,2,10-12H2,1H3. The van der Waals surface area contributed by atoms with Gasteiger partial charge in [-0.05, 0) is 18.6 Å². The maximum absolute atomic E-state index is 11.9. The van der Waals surface area contributed by atoms with Crippen LogP contribution >= 0.6 is 0 Å². The van der Waals surface area contributed by atoms with Gasteiger partial charge in [-0.1, -0.05) is 35.5 Å². The largest absolute Gasteiger partial charge is 0.472 e. The first-order valence-electron chi connectivity index (χ1n) is 8.01. The normalized spacial score (nSPS) is 11.0. The zero-order valence-corrected chi connectivity index (χ0v) is 13.9. The average Bonchev–Trinajstić information content (AvgIpc) is 3.27. The van der Waals surface area contributed by atoms with E-state index in [1.165, 1.54) is 6.26 Å². The highest BCUT2D eigenvalue weighted by molar-refractivity contribution is 5.71. The second-order valence-electron chi connectivity index (χ2n) is 5.46. The molecule has 0 atom stereocenters. The van der Waals surface area contributed by atoms with Crippen molar-refractivity contribution in [2.45, 2.75) is 20.0 Å². The molecule has 0 unspecified atom stereocenters. The van der Waals surface area contributed by atoms with Crippen LogP contribution in [0.15, 0.2) is 57.9 Å². The molecule has 0 N–H and O–H groups in total. The number of furan rings is 1. The van der Waals surface area contributed by atoms with E-state index in [1.807, 2.05) is 35.2 Å². The molecule has 0 amide bonds. The molecule has 2 aromatic heterocycles. The Morgan fingerprint density at radius 3 is 2.76 bits per heavy atom. The van der Waals surface area contributed by atoms with Crippen LogP contribution in [-0.4, -0.2) is 34.2 Å². The van der Waals surface area contributed by atoms with Gasteiger partial charge >= 0.3 is 5.97 Å². The zero-order valence-electron chi connectivity index (χ0n) is 13.9. The molecule has 0 aliphatic heterocycles. The monoisotopic (exact) mass is 341 g/mol. The van der Waals surface area contributed by atoms with Crippen LogP contribution in [0.4, 0.5) is 0 Å². The lowest BCUT2D eigenvalue weighted by atomic mass is 10.2. The molecule has 0 saturated heterocycles. The Hall–Kier alpha value is -2.93. The maximum Gasteiger partial charge on any atom is 0.320 e. The number of carbonyl (C=O) groups excluding carboxylic acids is 1. The summed E-state index contributed by atoms with van der Waals surface area (Å²) >= 11 is 0. The summed E-state index contributed by atoms with van der Waals surface area (Å²) in [6.07, 6.45) is 3.08. The molecule has 0 aliphatic rings. The van der Waals surface area contributed by atoms with Crippen LogP contribution in [0.1, 0.15) is 18.3 Å². The van der Waals surface area contributed by atoms with Gasteiger partial charge in [0, 0.05) is 6.54 Å². The zero-order chi connectivity index (χ0) is 17.5. The third-order valence-corrected chi connectivity index (χ3v) is 3.51. The van der Waals surface area contributed by atoms with E-state index >= 15 is 0 Å². The van der Waals surface area contributed by atoms with Gasteiger partial charge in [-0.25, -0.2) is 0 Å². The fourth-order valence-corrected chi connectivity index (χ4v) is 2.42. The molecule has 25 heavy (non-hydrogen) atoms. The minimum atomic E-state index is -0.281. The lowest BCUT2D eigenvalue weighted by Gasteiger charge is -2.19. The van der Waals surface area contributed by atoms with Crippen molar-refractivity contribution in [2.75, 3.05) is 13.2 Å². The van der Waals surface area contributed by atoms with Gasteiger partial charge in [-0.15, -0.1) is 0 Å². The smallest absolute Gasteiger partial charge is 0.320 e. The number of carbonyl (C=O) groups is 1. The molecular weight excluding hydrogens is 322 g/mol. The molecule has 7 nitrogen and oxygen atoms in total. The Morgan fingerprint density at radius 1 is 1.20 bits per heavy atom. The molecule has 0 spiro atoms. The van der Waals surface area contributed by atoms with Gasteiger partial charge < -0.3 is 13.7 Å². The summed E-state index contributed by atoms with van der Waals surface area (Å²) in [7, 11) is 0. The van der Waals surface area contributed by atoms with Crippen molar-refractivity contribution in [3.8, 4) is 11.5 Å². The molecule has 1 aromatic carbocycles. The van der Waals surface area contributed by atoms with E-state index in [0.717, 1.165) is 11.1 Å². The minimum absolute atomic E-state index is 0.151. The van der Waals surface area contributed by atoms with Gasteiger partial charge in [0.1, 0.15) is 6.26 Å². The molecular formula is C18H19N3O4. The molecule has 3 rings (SSSR count). The summed E-state index contributed by atoms with van der Waals surface area (Å²) < 4.78 is 15.3. The summed E-state index contributed by atoms with van der Waals surface area (Å²) in [4.78, 5) is 18.2. The van der Waals surface area contributed by atoms with Crippen molar-refractivity contribution in [2.24, 2.45) is 0 Å². The van der Waals surface area contributed by atoms with E-state index in [-0.39, 0.29) is 12.5 Å². The lowest BCUT2D eigenvalue weighted by molar-refractivity contribution is -0.144. The van der Waals surface area contributed by atoms with Crippen molar-refractivity contribution in [1.82, 2.24) is 15.0 Å². The minimum Gasteiger partial charge on any atom is -0.472 e. The number of aromatic nitrogens is 2. The molecule has 0 fully saturated rings. The van der Waals surface area contributed by atoms with Crippen molar-refractivity contribution in [3.63, 3.8) is 0 Å². The summed E-state index contributed by atoms with van der Waals surface area (Å²) in [5, 5.41) is 3.99. The number of rotatable bonds is 8. The van der Waals surface area contributed by atoms with E-state index in [2.05, 4.69) is 10.1 Å². The number of esters is 1. The van der Waals surface area contributed by atoms with E-state index in [9.17, 15) is 4.79 Å². The summed E-state index contributed by atoms with van der Waals surface area (Å²) in [6.45, 7) is 3.24. The molecule has 0 aliphatic carbocycles. The van der Waals surface area contributed by atoms with Crippen LogP contribution < -0.4 is 0 Å². The number of hydrogen-bond acceptors (Lipinski definition) is 7. The highest BCUT2D eigenvalue weighted by atomic mass is 16.5. The van der Waals surface area contributed by atoms with Crippen LogP contribution in [0, 0.1) is 0 Å². The van der Waals surface area contributed by atoms with E-state index < -0.39 is 0 Å². The van der Waals surface area contributed by atoms with E-state index in [1.54, 1.807) is 19.3 Å². The van der Waals surface area contributed by atoms with Crippen LogP contribution in [0.5, 0.6) is 0 Å². The first-order valence-corrected chi connectivity index (χ1v) is 8.01. The van der Waals surface area contributed by atoms with E-state index in [4.69, 9.17) is 13.7 Å². The van der Waals surface area contributed by atoms with Gasteiger partial charge in [0.25, 0.3) is 5.89 Å². The van der Waals surface area contributed by atoms with Crippen molar-refractivity contribution < 1.29 is 18.5 Å². The second-order valence-corrected chi connectivity index (χ2v) is 5.46. The Labute approximate surface area is 145 Å². The van der Waals surface area contributed by atoms with E-state index in [0.29, 0.717) is 31.4 Å². The SMILES string of the molecule is CCOC(=O)CN(Cc1ccccc1)Cc1noc(-c2ccoc2)n1. The van der Waals surface area contributed by atoms with Gasteiger partial charge in [0.2, 0.25) is 0 Å². The first-order chi connectivity index (χ1) is 12.2. The van der Waals surface area contributed by atoms with Crippen LogP contribution in [0.25, 0.3) is 11.5 Å². The second kappa shape index (κ2) is 8.25. The van der Waals surface area contributed by atoms with Crippen LogP contribution in [0.2, 0.25) is 0 Å². The molecule has 130 valence electrons. The number of ether oxygens (including phenoxy) is 1. The van der Waals surface area contributed by atoms with Crippen molar-refractivity contribution in [3.05, 3.63) is 60.3 Å². The third kappa shape index (κ3) is 4.77.